The van der Waals surface area contributed by atoms with Crippen LogP contribution in [0.5, 0.6) is 0 Å². The van der Waals surface area contributed by atoms with E-state index in [1.807, 2.05) is 0 Å². The van der Waals surface area contributed by atoms with Gasteiger partial charge in [0.05, 0.1) is 0 Å². The van der Waals surface area contributed by atoms with E-state index in [9.17, 15) is 4.79 Å². The van der Waals surface area contributed by atoms with Crippen molar-refractivity contribution < 1.29 is 4.79 Å². The fourth-order valence-corrected chi connectivity index (χ4v) is 3.68. The number of Topliss-reactive ketones (excluding diaryl/α,β-unsaturated/α-hetero) is 1. The Bertz CT molecular complexity index is 323. The number of hydrogen-bond acceptors (Lipinski definition) is 4. The van der Waals surface area contributed by atoms with Crippen molar-refractivity contribution in [1.82, 2.24) is 10.6 Å². The van der Waals surface area contributed by atoms with Gasteiger partial charge in [0.25, 0.3) is 0 Å². The minimum Gasteiger partial charge on any atom is -0.330 e. The van der Waals surface area contributed by atoms with Gasteiger partial charge >= 0.3 is 0 Å². The molecule has 0 amide bonds. The van der Waals surface area contributed by atoms with Crippen molar-refractivity contribution in [2.75, 3.05) is 32.7 Å². The molecule has 174 valence electrons. The van der Waals surface area contributed by atoms with Crippen molar-refractivity contribution in [3.05, 3.63) is 0 Å². The fourth-order valence-electron chi connectivity index (χ4n) is 3.68. The lowest BCUT2D eigenvalue weighted by Crippen LogP contribution is -2.24. The minimum atomic E-state index is 0.434. The van der Waals surface area contributed by atoms with Gasteiger partial charge < -0.3 is 16.4 Å². The second kappa shape index (κ2) is 25.6. The largest absolute Gasteiger partial charge is 0.330 e. The van der Waals surface area contributed by atoms with Crippen LogP contribution in [0.1, 0.15) is 122 Å². The first-order chi connectivity index (χ1) is 14.3. The molecule has 0 heterocycles. The van der Waals surface area contributed by atoms with Gasteiger partial charge in [-0.2, -0.15) is 0 Å². The molecule has 0 saturated heterocycles. The number of carbonyl (C=O) groups excluding carboxylic acids is 1. The molecule has 0 unspecified atom stereocenters. The Morgan fingerprint density at radius 1 is 0.552 bits per heavy atom. The zero-order valence-electron chi connectivity index (χ0n) is 19.7. The van der Waals surface area contributed by atoms with Gasteiger partial charge in [-0.1, -0.05) is 84.0 Å². The second-order valence-electron chi connectivity index (χ2n) is 8.63. The summed E-state index contributed by atoms with van der Waals surface area (Å²) >= 11 is 0. The third-order valence-corrected chi connectivity index (χ3v) is 5.65. The first-order valence-electron chi connectivity index (χ1n) is 12.9. The number of carbonyl (C=O) groups is 1. The van der Waals surface area contributed by atoms with Gasteiger partial charge in [-0.3, -0.25) is 4.79 Å². The first-order valence-corrected chi connectivity index (χ1v) is 12.9. The molecular formula is C25H53N3O. The Balaban J connectivity index is 3.11. The Hall–Kier alpha value is -0.450. The predicted octanol–water partition coefficient (Wildman–Crippen LogP) is 5.74. The topological polar surface area (TPSA) is 67.2 Å². The number of nitrogens with two attached hydrogens (primary N) is 1. The molecule has 4 N–H and O–H groups in total. The maximum Gasteiger partial charge on any atom is 0.134 e. The smallest absolute Gasteiger partial charge is 0.134 e. The molecule has 0 rings (SSSR count). The molecule has 0 atom stereocenters. The van der Waals surface area contributed by atoms with Crippen LogP contribution in [-0.2, 0) is 4.79 Å². The highest BCUT2D eigenvalue weighted by atomic mass is 16.1. The van der Waals surface area contributed by atoms with Crippen LogP contribution in [0.25, 0.3) is 0 Å². The number of unbranched alkanes of at least 4 members (excludes halogenated alkanes) is 13. The lowest BCUT2D eigenvalue weighted by Gasteiger charge is -2.07. The van der Waals surface area contributed by atoms with Crippen LogP contribution in [0.4, 0.5) is 0 Å². The molecule has 4 nitrogen and oxygen atoms in total. The lowest BCUT2D eigenvalue weighted by atomic mass is 10.1. The summed E-state index contributed by atoms with van der Waals surface area (Å²) in [4.78, 5) is 11.9. The summed E-state index contributed by atoms with van der Waals surface area (Å²) in [5.74, 6) is 0.434. The molecule has 0 aromatic heterocycles. The van der Waals surface area contributed by atoms with Crippen LogP contribution < -0.4 is 16.4 Å². The predicted molar refractivity (Wildman–Crippen MR) is 129 cm³/mol. The Labute approximate surface area is 182 Å². The average molecular weight is 412 g/mol. The highest BCUT2D eigenvalue weighted by Gasteiger charge is 2.01. The lowest BCUT2D eigenvalue weighted by molar-refractivity contribution is -0.119. The van der Waals surface area contributed by atoms with Crippen molar-refractivity contribution in [3.63, 3.8) is 0 Å². The van der Waals surface area contributed by atoms with Gasteiger partial charge in [0.2, 0.25) is 0 Å². The van der Waals surface area contributed by atoms with Gasteiger partial charge in [-0.05, 0) is 51.9 Å². The number of rotatable bonds is 25. The zero-order chi connectivity index (χ0) is 21.3. The molecule has 0 saturated carbocycles. The van der Waals surface area contributed by atoms with Crippen molar-refractivity contribution in [2.24, 2.45) is 5.73 Å². The van der Waals surface area contributed by atoms with Crippen LogP contribution in [0.3, 0.4) is 0 Å². The third kappa shape index (κ3) is 25.5. The summed E-state index contributed by atoms with van der Waals surface area (Å²) in [6, 6.07) is 0. The molecule has 0 aromatic carbocycles. The second-order valence-corrected chi connectivity index (χ2v) is 8.63. The summed E-state index contributed by atoms with van der Waals surface area (Å²) in [7, 11) is 0. The van der Waals surface area contributed by atoms with Crippen molar-refractivity contribution >= 4 is 5.78 Å². The van der Waals surface area contributed by atoms with Gasteiger partial charge in [0.15, 0.2) is 0 Å². The molecule has 0 bridgehead atoms. The summed E-state index contributed by atoms with van der Waals surface area (Å²) in [6.45, 7) is 7.18. The molecule has 0 aliphatic heterocycles. The normalized spacial score (nSPS) is 11.2. The van der Waals surface area contributed by atoms with E-state index in [4.69, 9.17) is 5.73 Å². The SMILES string of the molecule is CCCCCCCCCC(=O)CCNCCCNCCCCCCCCCCN. The quantitative estimate of drug-likeness (QED) is 0.168. The maximum absolute atomic E-state index is 11.9. The molecule has 0 spiro atoms. The number of ketones is 1. The van der Waals surface area contributed by atoms with Crippen LogP contribution in [0.15, 0.2) is 0 Å². The monoisotopic (exact) mass is 411 g/mol. The van der Waals surface area contributed by atoms with E-state index in [0.29, 0.717) is 12.2 Å². The molecule has 0 radical (unpaired) electrons. The summed E-state index contributed by atoms with van der Waals surface area (Å²) in [6.07, 6.45) is 22.2. The molecule has 4 heteroatoms. The molecular weight excluding hydrogens is 358 g/mol. The Kier molecular flexibility index (Phi) is 25.2. The Morgan fingerprint density at radius 2 is 1.03 bits per heavy atom. The Morgan fingerprint density at radius 3 is 1.66 bits per heavy atom. The summed E-state index contributed by atoms with van der Waals surface area (Å²) in [5.41, 5.74) is 5.51. The van der Waals surface area contributed by atoms with Crippen LogP contribution >= 0.6 is 0 Å². The number of hydrogen-bond donors (Lipinski definition) is 3. The van der Waals surface area contributed by atoms with Crippen molar-refractivity contribution in [2.45, 2.75) is 122 Å². The van der Waals surface area contributed by atoms with E-state index in [1.165, 1.54) is 89.9 Å². The molecule has 0 aliphatic rings. The standard InChI is InChI=1S/C25H53N3O/c1-2-3-4-5-8-11-14-18-25(29)19-24-28-23-17-22-27-21-16-13-10-7-6-9-12-15-20-26/h27-28H,2-24,26H2,1H3. The first kappa shape index (κ1) is 28.5. The van der Waals surface area contributed by atoms with E-state index in [1.54, 1.807) is 0 Å². The van der Waals surface area contributed by atoms with E-state index < -0.39 is 0 Å². The minimum absolute atomic E-state index is 0.434. The van der Waals surface area contributed by atoms with Gasteiger partial charge in [-0.15, -0.1) is 0 Å². The zero-order valence-corrected chi connectivity index (χ0v) is 19.7. The third-order valence-electron chi connectivity index (χ3n) is 5.65. The molecule has 0 aliphatic carbocycles. The maximum atomic E-state index is 11.9. The van der Waals surface area contributed by atoms with Crippen molar-refractivity contribution in [1.29, 1.82) is 0 Å². The fraction of sp³-hybridized carbons (Fsp3) is 0.960. The highest BCUT2D eigenvalue weighted by Crippen LogP contribution is 2.09. The van der Waals surface area contributed by atoms with E-state index in [0.717, 1.165) is 52.0 Å². The summed E-state index contributed by atoms with van der Waals surface area (Å²) in [5, 5.41) is 6.95. The van der Waals surface area contributed by atoms with Gasteiger partial charge in [0, 0.05) is 19.4 Å². The van der Waals surface area contributed by atoms with E-state index in [-0.39, 0.29) is 0 Å². The van der Waals surface area contributed by atoms with Crippen LogP contribution in [0, 0.1) is 0 Å². The van der Waals surface area contributed by atoms with E-state index in [2.05, 4.69) is 17.6 Å². The van der Waals surface area contributed by atoms with E-state index >= 15 is 0 Å². The van der Waals surface area contributed by atoms with Crippen molar-refractivity contribution in [3.8, 4) is 0 Å². The van der Waals surface area contributed by atoms with Crippen LogP contribution in [-0.4, -0.2) is 38.5 Å². The highest BCUT2D eigenvalue weighted by molar-refractivity contribution is 5.78. The molecule has 0 fully saturated rings. The van der Waals surface area contributed by atoms with Gasteiger partial charge in [-0.25, -0.2) is 0 Å². The average Bonchev–Trinajstić information content (AvgIpc) is 2.72. The molecule has 0 aromatic rings. The van der Waals surface area contributed by atoms with Gasteiger partial charge in [0.1, 0.15) is 5.78 Å². The summed E-state index contributed by atoms with van der Waals surface area (Å²) < 4.78 is 0. The number of nitrogens with one attached hydrogen (secondary N) is 2. The molecule has 29 heavy (non-hydrogen) atoms. The van der Waals surface area contributed by atoms with Crippen LogP contribution in [0.2, 0.25) is 0 Å².